The Labute approximate surface area is 187 Å². The Morgan fingerprint density at radius 2 is 1.81 bits per heavy atom. The first-order valence-corrected chi connectivity index (χ1v) is 10.8. The van der Waals surface area contributed by atoms with Gasteiger partial charge in [0.1, 0.15) is 15.5 Å². The Bertz CT molecular complexity index is 1400. The van der Waals surface area contributed by atoms with Crippen molar-refractivity contribution in [1.82, 2.24) is 4.98 Å². The number of nitrogens with zero attached hydrogens (tertiary/aromatic N) is 1. The first-order valence-electron chi connectivity index (χ1n) is 9.65. The molecule has 0 saturated heterocycles. The molecule has 2 aromatic carbocycles. The van der Waals surface area contributed by atoms with Crippen molar-refractivity contribution in [2.75, 3.05) is 5.73 Å². The summed E-state index contributed by atoms with van der Waals surface area (Å²) in [4.78, 5) is 19.2. The highest BCUT2D eigenvalue weighted by Crippen LogP contribution is 2.42. The number of anilines is 1. The molecule has 4 nitrogen and oxygen atoms in total. The second kappa shape index (κ2) is 7.69. The molecule has 3 heterocycles. The van der Waals surface area contributed by atoms with E-state index in [1.165, 1.54) is 16.9 Å². The summed E-state index contributed by atoms with van der Waals surface area (Å²) in [5.41, 5.74) is 11.2. The molecule has 0 amide bonds. The number of aryl methyl sites for hydroxylation is 1. The zero-order chi connectivity index (χ0) is 21.5. The lowest BCUT2D eigenvalue weighted by Crippen LogP contribution is -2.02. The number of nitrogen functional groups attached to an aromatic ring is 1. The smallest absolute Gasteiger partial charge is 0.205 e. The minimum Gasteiger partial charge on any atom is -0.464 e. The predicted molar refractivity (Wildman–Crippen MR) is 127 cm³/mol. The maximum absolute atomic E-state index is 13.2. The van der Waals surface area contributed by atoms with Gasteiger partial charge in [-0.2, -0.15) is 0 Å². The lowest BCUT2D eigenvalue weighted by atomic mass is 10.0. The van der Waals surface area contributed by atoms with Gasteiger partial charge in [0.15, 0.2) is 0 Å². The van der Waals surface area contributed by atoms with E-state index in [9.17, 15) is 4.79 Å². The molecule has 0 aliphatic heterocycles. The highest BCUT2D eigenvalue weighted by molar-refractivity contribution is 7.21. The van der Waals surface area contributed by atoms with Crippen molar-refractivity contribution in [3.8, 4) is 22.6 Å². The summed E-state index contributed by atoms with van der Waals surface area (Å²) in [7, 11) is 0. The number of rotatable bonds is 4. The number of pyridine rings is 1. The summed E-state index contributed by atoms with van der Waals surface area (Å²) in [6.45, 7) is 2.04. The zero-order valence-electron chi connectivity index (χ0n) is 16.6. The first-order chi connectivity index (χ1) is 15.0. The molecule has 5 rings (SSSR count). The number of ketones is 1. The molecule has 0 bridgehead atoms. The Hall–Kier alpha value is -3.41. The van der Waals surface area contributed by atoms with E-state index in [0.29, 0.717) is 31.7 Å². The third kappa shape index (κ3) is 3.52. The first kappa shape index (κ1) is 19.5. The van der Waals surface area contributed by atoms with E-state index < -0.39 is 0 Å². The second-order valence-electron chi connectivity index (χ2n) is 7.26. The van der Waals surface area contributed by atoms with E-state index in [1.54, 1.807) is 30.5 Å². The van der Waals surface area contributed by atoms with E-state index in [2.05, 4.69) is 0 Å². The van der Waals surface area contributed by atoms with Crippen LogP contribution in [0.1, 0.15) is 20.8 Å². The number of nitrogens with two attached hydrogens (primary N) is 1. The zero-order valence-corrected chi connectivity index (χ0v) is 18.1. The minimum atomic E-state index is -0.153. The van der Waals surface area contributed by atoms with Crippen LogP contribution in [0.25, 0.3) is 32.8 Å². The number of halogens is 1. The number of furan rings is 1. The van der Waals surface area contributed by atoms with Gasteiger partial charge in [0.05, 0.1) is 17.6 Å². The van der Waals surface area contributed by atoms with Crippen molar-refractivity contribution in [3.05, 3.63) is 94.0 Å². The third-order valence-electron chi connectivity index (χ3n) is 5.15. The predicted octanol–water partition coefficient (Wildman–Crippen LogP) is 7.00. The molecular formula is C25H17ClN2O2S. The van der Waals surface area contributed by atoms with E-state index in [1.807, 2.05) is 49.4 Å². The third-order valence-corrected chi connectivity index (χ3v) is 6.50. The fourth-order valence-corrected chi connectivity index (χ4v) is 4.73. The Morgan fingerprint density at radius 3 is 2.48 bits per heavy atom. The largest absolute Gasteiger partial charge is 0.464 e. The number of carbonyl (C=O) groups is 1. The van der Waals surface area contributed by atoms with Gasteiger partial charge in [0.25, 0.3) is 0 Å². The van der Waals surface area contributed by atoms with Gasteiger partial charge in [-0.25, -0.2) is 4.98 Å². The van der Waals surface area contributed by atoms with Crippen LogP contribution in [0.3, 0.4) is 0 Å². The van der Waals surface area contributed by atoms with Gasteiger partial charge in [0.2, 0.25) is 5.78 Å². The maximum atomic E-state index is 13.2. The van der Waals surface area contributed by atoms with Crippen LogP contribution in [0.5, 0.6) is 0 Å². The summed E-state index contributed by atoms with van der Waals surface area (Å²) in [6.07, 6.45) is 1.62. The molecule has 0 fully saturated rings. The monoisotopic (exact) mass is 444 g/mol. The summed E-state index contributed by atoms with van der Waals surface area (Å²) >= 11 is 7.26. The number of fused-ring (bicyclic) bond motifs is 1. The minimum absolute atomic E-state index is 0.153. The average molecular weight is 445 g/mol. The van der Waals surface area contributed by atoms with Crippen LogP contribution < -0.4 is 5.73 Å². The van der Waals surface area contributed by atoms with E-state index in [0.717, 1.165) is 22.2 Å². The van der Waals surface area contributed by atoms with Crippen molar-refractivity contribution < 1.29 is 9.21 Å². The molecule has 0 saturated carbocycles. The van der Waals surface area contributed by atoms with Crippen LogP contribution in [-0.2, 0) is 0 Å². The van der Waals surface area contributed by atoms with Gasteiger partial charge in [-0.3, -0.25) is 4.79 Å². The highest BCUT2D eigenvalue weighted by atomic mass is 35.5. The maximum Gasteiger partial charge on any atom is 0.205 e. The molecule has 0 atom stereocenters. The SMILES string of the molecule is Cc1ccc(-c2cc(-c3ccco3)c3c(N)c(C(=O)c4ccc(Cl)cc4)sc3n2)cc1. The van der Waals surface area contributed by atoms with Crippen molar-refractivity contribution in [1.29, 1.82) is 0 Å². The van der Waals surface area contributed by atoms with Crippen molar-refractivity contribution in [2.45, 2.75) is 6.92 Å². The molecule has 5 aromatic rings. The van der Waals surface area contributed by atoms with Crippen LogP contribution in [0, 0.1) is 6.92 Å². The summed E-state index contributed by atoms with van der Waals surface area (Å²) in [5, 5.41) is 1.30. The van der Waals surface area contributed by atoms with Crippen LogP contribution in [0.2, 0.25) is 5.02 Å². The van der Waals surface area contributed by atoms with Crippen LogP contribution in [0.15, 0.2) is 77.4 Å². The van der Waals surface area contributed by atoms with Crippen molar-refractivity contribution in [3.63, 3.8) is 0 Å². The highest BCUT2D eigenvalue weighted by Gasteiger charge is 2.23. The van der Waals surface area contributed by atoms with Crippen molar-refractivity contribution in [2.24, 2.45) is 0 Å². The molecule has 2 N–H and O–H groups in total. The molecule has 0 aliphatic carbocycles. The topological polar surface area (TPSA) is 69.1 Å². The van der Waals surface area contributed by atoms with E-state index >= 15 is 0 Å². The summed E-state index contributed by atoms with van der Waals surface area (Å²) in [6, 6.07) is 20.6. The molecular weight excluding hydrogens is 428 g/mol. The number of aromatic nitrogens is 1. The van der Waals surface area contributed by atoms with Gasteiger partial charge in [-0.1, -0.05) is 41.4 Å². The number of hydrogen-bond donors (Lipinski definition) is 1. The molecule has 0 aliphatic rings. The van der Waals surface area contributed by atoms with Gasteiger partial charge < -0.3 is 10.2 Å². The molecule has 0 unspecified atom stereocenters. The summed E-state index contributed by atoms with van der Waals surface area (Å²) in [5.74, 6) is 0.523. The number of carbonyl (C=O) groups excluding carboxylic acids is 1. The van der Waals surface area contributed by atoms with Crippen LogP contribution in [-0.4, -0.2) is 10.8 Å². The fraction of sp³-hybridized carbons (Fsp3) is 0.0400. The van der Waals surface area contributed by atoms with Crippen LogP contribution in [0.4, 0.5) is 5.69 Å². The lowest BCUT2D eigenvalue weighted by molar-refractivity contribution is 0.104. The number of benzene rings is 2. The molecule has 3 aromatic heterocycles. The normalized spacial score (nSPS) is 11.2. The van der Waals surface area contributed by atoms with Gasteiger partial charge in [0, 0.05) is 27.1 Å². The lowest BCUT2D eigenvalue weighted by Gasteiger charge is -2.07. The van der Waals surface area contributed by atoms with Gasteiger partial charge in [-0.15, -0.1) is 11.3 Å². The van der Waals surface area contributed by atoms with E-state index in [4.69, 9.17) is 26.7 Å². The Morgan fingerprint density at radius 1 is 1.06 bits per heavy atom. The number of hydrogen-bond acceptors (Lipinski definition) is 5. The fourth-order valence-electron chi connectivity index (χ4n) is 3.52. The van der Waals surface area contributed by atoms with Crippen LogP contribution >= 0.6 is 22.9 Å². The molecule has 0 radical (unpaired) electrons. The molecule has 0 spiro atoms. The Balaban J connectivity index is 1.73. The Kier molecular flexibility index (Phi) is 4.85. The van der Waals surface area contributed by atoms with Gasteiger partial charge >= 0.3 is 0 Å². The molecule has 6 heteroatoms. The second-order valence-corrected chi connectivity index (χ2v) is 8.69. The number of thiophene rings is 1. The standard InChI is InChI=1S/C25H17ClN2O2S/c1-14-4-6-15(7-5-14)19-13-18(20-3-2-12-30-20)21-22(27)24(31-25(21)28-19)23(29)16-8-10-17(26)11-9-16/h2-13H,27H2,1H3. The molecule has 152 valence electrons. The molecule has 31 heavy (non-hydrogen) atoms. The van der Waals surface area contributed by atoms with Crippen molar-refractivity contribution >= 4 is 44.6 Å². The van der Waals surface area contributed by atoms with Gasteiger partial charge in [-0.05, 0) is 49.4 Å². The summed E-state index contributed by atoms with van der Waals surface area (Å²) < 4.78 is 5.68. The quantitative estimate of drug-likeness (QED) is 0.303. The van der Waals surface area contributed by atoms with E-state index in [-0.39, 0.29) is 5.78 Å². The average Bonchev–Trinajstić information content (AvgIpc) is 3.42.